The summed E-state index contributed by atoms with van der Waals surface area (Å²) in [6.45, 7) is 1.39. The lowest BCUT2D eigenvalue weighted by Gasteiger charge is -2.10. The van der Waals surface area contributed by atoms with E-state index in [0.717, 1.165) is 23.5 Å². The van der Waals surface area contributed by atoms with E-state index in [2.05, 4.69) is 20.5 Å². The van der Waals surface area contributed by atoms with E-state index in [1.165, 1.54) is 27.7 Å². The number of ether oxygens (including phenoxy) is 1. The second-order valence-corrected chi connectivity index (χ2v) is 9.59. The van der Waals surface area contributed by atoms with Crippen LogP contribution in [0.25, 0.3) is 21.3 Å². The Bertz CT molecular complexity index is 1780. The van der Waals surface area contributed by atoms with Gasteiger partial charge >= 0.3 is 0 Å². The highest BCUT2D eigenvalue weighted by atomic mass is 32.1. The Morgan fingerprint density at radius 1 is 1.15 bits per heavy atom. The molecule has 206 valence electrons. The molecule has 4 heterocycles. The fraction of sp³-hybridized carbons (Fsp3) is 0.160. The summed E-state index contributed by atoms with van der Waals surface area (Å²) in [7, 11) is 1.67. The van der Waals surface area contributed by atoms with Crippen molar-refractivity contribution in [2.24, 2.45) is 12.8 Å². The number of thiophene rings is 1. The van der Waals surface area contributed by atoms with Gasteiger partial charge in [-0.2, -0.15) is 10.2 Å². The fourth-order valence-electron chi connectivity index (χ4n) is 4.06. The Morgan fingerprint density at radius 2 is 1.93 bits per heavy atom. The van der Waals surface area contributed by atoms with Crippen LogP contribution in [0.2, 0.25) is 0 Å². The first-order chi connectivity index (χ1) is 19.0. The van der Waals surface area contributed by atoms with Gasteiger partial charge in [-0.3, -0.25) is 14.3 Å². The molecule has 3 N–H and O–H groups in total. The van der Waals surface area contributed by atoms with Crippen molar-refractivity contribution in [3.8, 4) is 16.9 Å². The van der Waals surface area contributed by atoms with Crippen LogP contribution in [0.3, 0.4) is 0 Å². The van der Waals surface area contributed by atoms with Gasteiger partial charge in [-0.25, -0.2) is 27.2 Å². The van der Waals surface area contributed by atoms with Gasteiger partial charge in [0.25, 0.3) is 18.2 Å². The number of carbonyl (C=O) groups is 2. The molecule has 2 amide bonds. The van der Waals surface area contributed by atoms with E-state index in [1.807, 2.05) is 0 Å². The smallest absolute Gasteiger partial charge is 0.280 e. The first-order valence-corrected chi connectivity index (χ1v) is 12.3. The van der Waals surface area contributed by atoms with Crippen molar-refractivity contribution in [1.29, 1.82) is 0 Å². The Hall–Kier alpha value is -4.79. The largest absolute Gasteiger partial charge is 0.468 e. The van der Waals surface area contributed by atoms with E-state index in [4.69, 9.17) is 10.5 Å². The van der Waals surface area contributed by atoms with Gasteiger partial charge in [0.2, 0.25) is 0 Å². The summed E-state index contributed by atoms with van der Waals surface area (Å²) >= 11 is 0.767. The SMILES string of the molecule is Cc1nn(C)cc1-c1cc(C(F)F)nc2sc(C(N)=O)c(NC(=O)c3ccn(COc4ccc(F)cc4F)n3)c12. The van der Waals surface area contributed by atoms with E-state index in [0.29, 0.717) is 17.3 Å². The lowest BCUT2D eigenvalue weighted by molar-refractivity contribution is 0.100. The summed E-state index contributed by atoms with van der Waals surface area (Å²) in [5, 5.41) is 11.2. The minimum atomic E-state index is -2.90. The highest BCUT2D eigenvalue weighted by Crippen LogP contribution is 2.43. The van der Waals surface area contributed by atoms with Crippen molar-refractivity contribution in [2.45, 2.75) is 20.1 Å². The predicted molar refractivity (Wildman–Crippen MR) is 137 cm³/mol. The zero-order valence-corrected chi connectivity index (χ0v) is 21.6. The molecule has 5 rings (SSSR count). The predicted octanol–water partition coefficient (Wildman–Crippen LogP) is 4.81. The summed E-state index contributed by atoms with van der Waals surface area (Å²) in [5.74, 6) is -3.53. The molecule has 0 fully saturated rings. The zero-order chi connectivity index (χ0) is 28.7. The van der Waals surface area contributed by atoms with Gasteiger partial charge < -0.3 is 15.8 Å². The monoisotopic (exact) mass is 573 g/mol. The number of anilines is 1. The Morgan fingerprint density at radius 3 is 2.58 bits per heavy atom. The molecule has 1 aromatic carbocycles. The molecule has 0 unspecified atom stereocenters. The van der Waals surface area contributed by atoms with Crippen molar-refractivity contribution in [3.05, 3.63) is 76.3 Å². The van der Waals surface area contributed by atoms with Crippen molar-refractivity contribution < 1.29 is 31.9 Å². The number of nitrogens with zero attached hydrogens (tertiary/aromatic N) is 5. The summed E-state index contributed by atoms with van der Waals surface area (Å²) in [4.78, 5) is 29.5. The quantitative estimate of drug-likeness (QED) is 0.257. The number of alkyl halides is 2. The van der Waals surface area contributed by atoms with Gasteiger partial charge in [-0.05, 0) is 36.8 Å². The molecule has 4 aromatic heterocycles. The standard InChI is InChI=1S/C25H19F4N7O3S/c1-11-14(9-35(2)33-11)13-8-17(22(28)29)31-25-19(13)20(21(40-25)23(30)37)32-24(38)16-5-6-36(34-16)10-39-18-4-3-12(26)7-15(18)27/h3-9,22H,10H2,1-2H3,(H2,30,37)(H,32,38). The van der Waals surface area contributed by atoms with E-state index < -0.39 is 35.6 Å². The van der Waals surface area contributed by atoms with Crippen LogP contribution in [0.15, 0.2) is 42.7 Å². The zero-order valence-electron chi connectivity index (χ0n) is 20.8. The third-order valence-electron chi connectivity index (χ3n) is 5.79. The number of hydrogen-bond donors (Lipinski definition) is 2. The third kappa shape index (κ3) is 5.10. The molecule has 0 aliphatic rings. The van der Waals surface area contributed by atoms with Crippen molar-refractivity contribution in [3.63, 3.8) is 0 Å². The summed E-state index contributed by atoms with van der Waals surface area (Å²) < 4.78 is 62.3. The number of nitrogens with two attached hydrogens (primary N) is 1. The molecule has 0 atom stereocenters. The molecule has 5 aromatic rings. The van der Waals surface area contributed by atoms with Crippen LogP contribution < -0.4 is 15.8 Å². The average Bonchev–Trinajstić information content (AvgIpc) is 3.60. The normalized spacial score (nSPS) is 11.4. The van der Waals surface area contributed by atoms with Gasteiger partial charge in [-0.1, -0.05) is 0 Å². The van der Waals surface area contributed by atoms with Crippen LogP contribution in [0.5, 0.6) is 5.75 Å². The maximum Gasteiger partial charge on any atom is 0.280 e. The van der Waals surface area contributed by atoms with Crippen molar-refractivity contribution in [2.75, 3.05) is 5.32 Å². The first kappa shape index (κ1) is 26.8. The highest BCUT2D eigenvalue weighted by molar-refractivity contribution is 7.21. The molecule has 15 heteroatoms. The van der Waals surface area contributed by atoms with Crippen LogP contribution in [-0.4, -0.2) is 36.4 Å². The summed E-state index contributed by atoms with van der Waals surface area (Å²) in [6.07, 6.45) is 0.114. The van der Waals surface area contributed by atoms with Gasteiger partial charge in [0.15, 0.2) is 24.0 Å². The van der Waals surface area contributed by atoms with E-state index in [1.54, 1.807) is 20.2 Å². The minimum Gasteiger partial charge on any atom is -0.468 e. The molecule has 0 spiro atoms. The first-order valence-electron chi connectivity index (χ1n) is 11.5. The summed E-state index contributed by atoms with van der Waals surface area (Å²) in [6, 6.07) is 5.34. The molecule has 0 saturated carbocycles. The number of amides is 2. The number of carbonyl (C=O) groups excluding carboxylic acids is 2. The minimum absolute atomic E-state index is 0.0109. The van der Waals surface area contributed by atoms with Crippen molar-refractivity contribution >= 4 is 39.1 Å². The number of aromatic nitrogens is 5. The number of rotatable bonds is 8. The second-order valence-electron chi connectivity index (χ2n) is 8.59. The lowest BCUT2D eigenvalue weighted by Crippen LogP contribution is -2.18. The Balaban J connectivity index is 1.50. The third-order valence-corrected chi connectivity index (χ3v) is 6.89. The number of pyridine rings is 1. The van der Waals surface area contributed by atoms with Gasteiger partial charge in [0.1, 0.15) is 21.2 Å². The number of hydrogen-bond acceptors (Lipinski definition) is 7. The summed E-state index contributed by atoms with van der Waals surface area (Å²) in [5.41, 5.74) is 6.24. The Labute approximate surface area is 227 Å². The van der Waals surface area contributed by atoms with Crippen LogP contribution in [0.1, 0.15) is 38.0 Å². The molecule has 0 aliphatic carbocycles. The number of nitrogens with one attached hydrogen (secondary N) is 1. The van der Waals surface area contributed by atoms with E-state index >= 15 is 0 Å². The Kier molecular flexibility index (Phi) is 6.97. The van der Waals surface area contributed by atoms with Crippen LogP contribution in [0, 0.1) is 18.6 Å². The maximum atomic E-state index is 13.8. The maximum absolute atomic E-state index is 13.8. The van der Waals surface area contributed by atoms with E-state index in [-0.39, 0.29) is 44.5 Å². The number of halogens is 4. The topological polar surface area (TPSA) is 130 Å². The van der Waals surface area contributed by atoms with Crippen molar-refractivity contribution in [1.82, 2.24) is 24.5 Å². The number of aryl methyl sites for hydroxylation is 2. The fourth-order valence-corrected chi connectivity index (χ4v) is 5.07. The second kappa shape index (κ2) is 10.4. The van der Waals surface area contributed by atoms with Gasteiger partial charge in [0, 0.05) is 36.5 Å². The molecule has 0 radical (unpaired) electrons. The average molecular weight is 574 g/mol. The number of primary amides is 1. The molecule has 0 aliphatic heterocycles. The molecular formula is C25H19F4N7O3S. The van der Waals surface area contributed by atoms with E-state index in [9.17, 15) is 27.2 Å². The van der Waals surface area contributed by atoms with Crippen LogP contribution in [0.4, 0.5) is 23.2 Å². The molecule has 10 nitrogen and oxygen atoms in total. The van der Waals surface area contributed by atoms with Gasteiger partial charge in [-0.15, -0.1) is 11.3 Å². The lowest BCUT2D eigenvalue weighted by atomic mass is 10.0. The number of benzene rings is 1. The van der Waals surface area contributed by atoms with Crippen LogP contribution >= 0.6 is 11.3 Å². The highest BCUT2D eigenvalue weighted by Gasteiger charge is 2.26. The molecular weight excluding hydrogens is 554 g/mol. The molecule has 0 bridgehead atoms. The van der Waals surface area contributed by atoms with Gasteiger partial charge in [0.05, 0.1) is 11.4 Å². The number of fused-ring (bicyclic) bond motifs is 1. The molecule has 0 saturated heterocycles. The van der Waals surface area contributed by atoms with Crippen LogP contribution in [-0.2, 0) is 13.8 Å². The molecule has 40 heavy (non-hydrogen) atoms.